The molecule has 0 aliphatic carbocycles. The van der Waals surface area contributed by atoms with Crippen LogP contribution in [0.4, 0.5) is 32.3 Å². The number of nitrogens with zero attached hydrogens (tertiary/aromatic N) is 3. The summed E-state index contributed by atoms with van der Waals surface area (Å²) in [4.78, 5) is 24.7. The molecule has 2 heterocycles. The summed E-state index contributed by atoms with van der Waals surface area (Å²) in [5.74, 6) is 2.19. The van der Waals surface area contributed by atoms with E-state index in [1.54, 1.807) is 19.2 Å². The average Bonchev–Trinajstić information content (AvgIpc) is 2.67. The van der Waals surface area contributed by atoms with Crippen LogP contribution in [-0.2, 0) is 0 Å². The standard InChI is InChI=1S/C19H20FN7O/c1-13-24-17(12-18(25-13)27-16-4-2-3-9-21-16)22-10-11-23-19(28)26-15-7-5-14(20)6-8-15/h2-9,12H,10-11H2,1H3,(H2,23,26,28)(H2,21,22,24,25,27). The number of aromatic nitrogens is 3. The Morgan fingerprint density at radius 2 is 1.79 bits per heavy atom. The molecule has 2 amide bonds. The molecule has 9 heteroatoms. The molecule has 4 N–H and O–H groups in total. The molecule has 0 atom stereocenters. The molecule has 0 bridgehead atoms. The van der Waals surface area contributed by atoms with Crippen LogP contribution in [0.3, 0.4) is 0 Å². The van der Waals surface area contributed by atoms with Crippen molar-refractivity contribution < 1.29 is 9.18 Å². The maximum atomic E-state index is 12.9. The van der Waals surface area contributed by atoms with Gasteiger partial charge in [-0.15, -0.1) is 0 Å². The van der Waals surface area contributed by atoms with Crippen molar-refractivity contribution in [1.82, 2.24) is 20.3 Å². The van der Waals surface area contributed by atoms with Gasteiger partial charge in [0.15, 0.2) is 0 Å². The summed E-state index contributed by atoms with van der Waals surface area (Å²) >= 11 is 0. The highest BCUT2D eigenvalue weighted by molar-refractivity contribution is 5.89. The number of anilines is 4. The summed E-state index contributed by atoms with van der Waals surface area (Å²) in [5, 5.41) is 11.6. The van der Waals surface area contributed by atoms with Crippen LogP contribution in [0.25, 0.3) is 0 Å². The molecule has 0 aliphatic rings. The van der Waals surface area contributed by atoms with Crippen molar-refractivity contribution in [3.8, 4) is 0 Å². The van der Waals surface area contributed by atoms with Gasteiger partial charge in [0, 0.05) is 31.0 Å². The lowest BCUT2D eigenvalue weighted by atomic mass is 10.3. The summed E-state index contributed by atoms with van der Waals surface area (Å²) in [6.07, 6.45) is 1.69. The number of benzene rings is 1. The third kappa shape index (κ3) is 5.90. The van der Waals surface area contributed by atoms with Crippen molar-refractivity contribution in [1.29, 1.82) is 0 Å². The van der Waals surface area contributed by atoms with Crippen LogP contribution in [0.1, 0.15) is 5.82 Å². The predicted molar refractivity (Wildman–Crippen MR) is 106 cm³/mol. The second-order valence-electron chi connectivity index (χ2n) is 5.84. The Labute approximate surface area is 161 Å². The number of urea groups is 1. The number of aryl methyl sites for hydroxylation is 1. The zero-order chi connectivity index (χ0) is 19.8. The number of carbonyl (C=O) groups excluding carboxylic acids is 1. The van der Waals surface area contributed by atoms with E-state index in [-0.39, 0.29) is 11.8 Å². The van der Waals surface area contributed by atoms with E-state index in [0.717, 1.165) is 0 Å². The molecule has 3 aromatic rings. The Bertz CT molecular complexity index is 919. The minimum Gasteiger partial charge on any atom is -0.368 e. The molecular weight excluding hydrogens is 361 g/mol. The van der Waals surface area contributed by atoms with Gasteiger partial charge in [-0.25, -0.2) is 24.1 Å². The van der Waals surface area contributed by atoms with Gasteiger partial charge >= 0.3 is 6.03 Å². The Hall–Kier alpha value is -3.75. The minimum absolute atomic E-state index is 0.354. The Morgan fingerprint density at radius 3 is 2.54 bits per heavy atom. The van der Waals surface area contributed by atoms with Crippen LogP contribution >= 0.6 is 0 Å². The van der Waals surface area contributed by atoms with Crippen molar-refractivity contribution in [2.45, 2.75) is 6.92 Å². The molecule has 0 radical (unpaired) electrons. The molecule has 144 valence electrons. The van der Waals surface area contributed by atoms with Gasteiger partial charge < -0.3 is 21.3 Å². The van der Waals surface area contributed by atoms with E-state index in [2.05, 4.69) is 36.2 Å². The van der Waals surface area contributed by atoms with Crippen LogP contribution in [0.5, 0.6) is 0 Å². The highest BCUT2D eigenvalue weighted by Crippen LogP contribution is 2.15. The van der Waals surface area contributed by atoms with Crippen molar-refractivity contribution >= 4 is 29.2 Å². The second kappa shape index (κ2) is 9.26. The quantitative estimate of drug-likeness (QED) is 0.468. The van der Waals surface area contributed by atoms with Crippen LogP contribution in [0.15, 0.2) is 54.7 Å². The molecular formula is C19H20FN7O. The van der Waals surface area contributed by atoms with Gasteiger partial charge in [0.2, 0.25) is 0 Å². The van der Waals surface area contributed by atoms with Crippen LogP contribution in [0.2, 0.25) is 0 Å². The third-order valence-electron chi connectivity index (χ3n) is 3.58. The number of hydrogen-bond donors (Lipinski definition) is 4. The van der Waals surface area contributed by atoms with Crippen molar-refractivity contribution in [3.05, 3.63) is 66.4 Å². The van der Waals surface area contributed by atoms with Gasteiger partial charge in [-0.1, -0.05) is 6.07 Å². The number of carbonyl (C=O) groups is 1. The molecule has 0 spiro atoms. The van der Waals surface area contributed by atoms with Gasteiger partial charge in [0.1, 0.15) is 29.1 Å². The fourth-order valence-corrected chi connectivity index (χ4v) is 2.37. The fourth-order valence-electron chi connectivity index (χ4n) is 2.37. The third-order valence-corrected chi connectivity index (χ3v) is 3.58. The van der Waals surface area contributed by atoms with E-state index in [1.807, 2.05) is 18.2 Å². The molecule has 0 aliphatic heterocycles. The zero-order valence-electron chi connectivity index (χ0n) is 15.2. The predicted octanol–water partition coefficient (Wildman–Crippen LogP) is 3.30. The van der Waals surface area contributed by atoms with Crippen LogP contribution < -0.4 is 21.3 Å². The molecule has 1 aromatic carbocycles. The molecule has 0 unspecified atom stereocenters. The van der Waals surface area contributed by atoms with Gasteiger partial charge in [0.25, 0.3) is 0 Å². The molecule has 0 saturated carbocycles. The first kappa shape index (κ1) is 19.0. The van der Waals surface area contributed by atoms with Gasteiger partial charge in [-0.05, 0) is 43.3 Å². The van der Waals surface area contributed by atoms with Crippen LogP contribution in [0, 0.1) is 12.7 Å². The van der Waals surface area contributed by atoms with E-state index in [1.165, 1.54) is 24.3 Å². The average molecular weight is 381 g/mol. The first-order chi connectivity index (χ1) is 13.6. The monoisotopic (exact) mass is 381 g/mol. The first-order valence-electron chi connectivity index (χ1n) is 8.66. The number of rotatable bonds is 7. The number of nitrogens with one attached hydrogen (secondary N) is 4. The topological polar surface area (TPSA) is 104 Å². The Balaban J connectivity index is 1.46. The lowest BCUT2D eigenvalue weighted by Gasteiger charge is -2.11. The molecule has 8 nitrogen and oxygen atoms in total. The maximum Gasteiger partial charge on any atom is 0.319 e. The Morgan fingerprint density at radius 1 is 1.00 bits per heavy atom. The van der Waals surface area contributed by atoms with E-state index in [9.17, 15) is 9.18 Å². The molecule has 0 saturated heterocycles. The van der Waals surface area contributed by atoms with Crippen molar-refractivity contribution in [2.24, 2.45) is 0 Å². The summed E-state index contributed by atoms with van der Waals surface area (Å²) in [6, 6.07) is 12.5. The van der Waals surface area contributed by atoms with Gasteiger partial charge in [-0.2, -0.15) is 0 Å². The number of pyridine rings is 1. The summed E-state index contributed by atoms with van der Waals surface area (Å²) in [5.41, 5.74) is 0.517. The smallest absolute Gasteiger partial charge is 0.319 e. The number of amides is 2. The van der Waals surface area contributed by atoms with Gasteiger partial charge in [-0.3, -0.25) is 0 Å². The van der Waals surface area contributed by atoms with Crippen molar-refractivity contribution in [2.75, 3.05) is 29.0 Å². The molecule has 3 rings (SSSR count). The van der Waals surface area contributed by atoms with Gasteiger partial charge in [0.05, 0.1) is 0 Å². The lowest BCUT2D eigenvalue weighted by Crippen LogP contribution is -2.32. The van der Waals surface area contributed by atoms with E-state index in [4.69, 9.17) is 0 Å². The molecule has 0 fully saturated rings. The maximum absolute atomic E-state index is 12.9. The van der Waals surface area contributed by atoms with E-state index in [0.29, 0.717) is 42.1 Å². The fraction of sp³-hybridized carbons (Fsp3) is 0.158. The first-order valence-corrected chi connectivity index (χ1v) is 8.66. The van der Waals surface area contributed by atoms with Crippen LogP contribution in [-0.4, -0.2) is 34.1 Å². The largest absolute Gasteiger partial charge is 0.368 e. The second-order valence-corrected chi connectivity index (χ2v) is 5.84. The minimum atomic E-state index is -0.371. The highest BCUT2D eigenvalue weighted by atomic mass is 19.1. The zero-order valence-corrected chi connectivity index (χ0v) is 15.2. The summed E-state index contributed by atoms with van der Waals surface area (Å²) in [6.45, 7) is 2.64. The lowest BCUT2D eigenvalue weighted by molar-refractivity contribution is 0.252. The SMILES string of the molecule is Cc1nc(NCCNC(=O)Nc2ccc(F)cc2)cc(Nc2ccccn2)n1. The van der Waals surface area contributed by atoms with E-state index < -0.39 is 0 Å². The summed E-state index contributed by atoms with van der Waals surface area (Å²) in [7, 11) is 0. The molecule has 28 heavy (non-hydrogen) atoms. The van der Waals surface area contributed by atoms with Crippen molar-refractivity contribution in [3.63, 3.8) is 0 Å². The van der Waals surface area contributed by atoms with E-state index >= 15 is 0 Å². The normalized spacial score (nSPS) is 10.2. The highest BCUT2D eigenvalue weighted by Gasteiger charge is 2.04. The number of hydrogen-bond acceptors (Lipinski definition) is 6. The number of halogens is 1. The Kier molecular flexibility index (Phi) is 6.29. The summed E-state index contributed by atoms with van der Waals surface area (Å²) < 4.78 is 12.9. The molecule has 2 aromatic heterocycles.